The summed E-state index contributed by atoms with van der Waals surface area (Å²) >= 11 is 0. The molecule has 334 valence electrons. The van der Waals surface area contributed by atoms with Gasteiger partial charge >= 0.3 is 0 Å². The van der Waals surface area contributed by atoms with Gasteiger partial charge in [-0.05, 0) is 152 Å². The summed E-state index contributed by atoms with van der Waals surface area (Å²) in [6.45, 7) is 0. The van der Waals surface area contributed by atoms with Crippen LogP contribution in [0, 0.1) is 0 Å². The van der Waals surface area contributed by atoms with Gasteiger partial charge in [0.15, 0.2) is 0 Å². The van der Waals surface area contributed by atoms with Crippen molar-refractivity contribution in [2.24, 2.45) is 0 Å². The van der Waals surface area contributed by atoms with Crippen molar-refractivity contribution in [1.29, 1.82) is 0 Å². The SMILES string of the molecule is C1=CC(c2ccc(N(c3ccccc3)c3ccc4ccccc4c3)cc2)CCC1c1ccc(-c2ccc(-c3ccc(-c4ccc(N(c5ccccc5)c5ccc6ccccc6c5)cc4)cc3)cc2)cc1. The van der Waals surface area contributed by atoms with Crippen LogP contribution >= 0.6 is 0 Å². The molecule has 2 unspecified atom stereocenters. The van der Waals surface area contributed by atoms with Crippen LogP contribution in [0.3, 0.4) is 0 Å². The molecule has 0 heterocycles. The quantitative estimate of drug-likeness (QED) is 0.119. The fraction of sp³-hybridized carbons (Fsp3) is 0.0588. The van der Waals surface area contributed by atoms with E-state index in [2.05, 4.69) is 289 Å². The van der Waals surface area contributed by atoms with Gasteiger partial charge in [0.25, 0.3) is 0 Å². The Kier molecular flexibility index (Phi) is 11.6. The monoisotopic (exact) mass is 896 g/mol. The largest absolute Gasteiger partial charge is 0.310 e. The van der Waals surface area contributed by atoms with E-state index in [1.165, 1.54) is 66.1 Å². The maximum Gasteiger partial charge on any atom is 0.0468 e. The van der Waals surface area contributed by atoms with E-state index in [0.29, 0.717) is 11.8 Å². The standard InChI is InChI=1S/C68H52N2/c1-3-15-63(16-4-1)69(67-45-39-49-11-7-9-13-61(49)47-67)65-41-35-59(36-42-65)57-31-27-55(28-32-57)53-23-19-51(20-24-53)52-21-25-54(26-22-52)56-29-33-58(34-30-56)60-37-43-66(44-38-60)70(64-17-5-2-6-18-64)68-46-40-50-12-8-10-14-62(50)48-68/h1-29,31-33,35-48,56,58H,30,34H2. The molecule has 0 aliphatic heterocycles. The minimum Gasteiger partial charge on any atom is -0.310 e. The molecular weight excluding hydrogens is 845 g/mol. The van der Waals surface area contributed by atoms with E-state index in [1.807, 2.05) is 0 Å². The van der Waals surface area contributed by atoms with Crippen molar-refractivity contribution in [3.8, 4) is 33.4 Å². The van der Waals surface area contributed by atoms with Crippen molar-refractivity contribution in [2.75, 3.05) is 9.80 Å². The number of benzene rings is 11. The molecule has 2 atom stereocenters. The highest BCUT2D eigenvalue weighted by Gasteiger charge is 2.20. The molecule has 0 amide bonds. The minimum absolute atomic E-state index is 0.412. The Labute approximate surface area is 411 Å². The molecule has 0 saturated heterocycles. The average molecular weight is 897 g/mol. The second-order valence-electron chi connectivity index (χ2n) is 18.5. The first kappa shape index (κ1) is 42.6. The molecule has 11 aromatic rings. The Balaban J connectivity index is 0.692. The lowest BCUT2D eigenvalue weighted by Crippen LogP contribution is -2.10. The van der Waals surface area contributed by atoms with Gasteiger partial charge in [-0.1, -0.05) is 206 Å². The highest BCUT2D eigenvalue weighted by atomic mass is 15.1. The van der Waals surface area contributed by atoms with Crippen LogP contribution in [-0.2, 0) is 0 Å². The molecule has 0 fully saturated rings. The summed E-state index contributed by atoms with van der Waals surface area (Å²) in [5.74, 6) is 0.837. The number of anilines is 6. The van der Waals surface area contributed by atoms with E-state index in [-0.39, 0.29) is 0 Å². The normalized spacial score (nSPS) is 14.4. The molecular formula is C68H52N2. The molecule has 70 heavy (non-hydrogen) atoms. The average Bonchev–Trinajstić information content (AvgIpc) is 3.44. The number of hydrogen-bond donors (Lipinski definition) is 0. The number of allylic oxidation sites excluding steroid dienone is 2. The van der Waals surface area contributed by atoms with Crippen molar-refractivity contribution >= 4 is 55.7 Å². The van der Waals surface area contributed by atoms with Crippen LogP contribution in [0.15, 0.2) is 279 Å². The molecule has 0 spiro atoms. The van der Waals surface area contributed by atoms with Gasteiger partial charge in [-0.2, -0.15) is 0 Å². The zero-order valence-corrected chi connectivity index (χ0v) is 39.0. The lowest BCUT2D eigenvalue weighted by molar-refractivity contribution is 0.601. The van der Waals surface area contributed by atoms with E-state index >= 15 is 0 Å². The molecule has 11 aromatic carbocycles. The van der Waals surface area contributed by atoms with Gasteiger partial charge in [0.2, 0.25) is 0 Å². The molecule has 0 radical (unpaired) electrons. The lowest BCUT2D eigenvalue weighted by atomic mass is 9.81. The summed E-state index contributed by atoms with van der Waals surface area (Å²) in [5.41, 5.74) is 16.9. The van der Waals surface area contributed by atoms with Gasteiger partial charge in [-0.15, -0.1) is 0 Å². The van der Waals surface area contributed by atoms with Gasteiger partial charge in [-0.25, -0.2) is 0 Å². The first-order valence-electron chi connectivity index (χ1n) is 24.5. The van der Waals surface area contributed by atoms with Crippen LogP contribution in [0.1, 0.15) is 35.8 Å². The van der Waals surface area contributed by atoms with Crippen molar-refractivity contribution < 1.29 is 0 Å². The fourth-order valence-electron chi connectivity index (χ4n) is 10.4. The highest BCUT2D eigenvalue weighted by Crippen LogP contribution is 2.41. The maximum absolute atomic E-state index is 2.43. The van der Waals surface area contributed by atoms with Gasteiger partial charge in [0, 0.05) is 46.0 Å². The molecule has 0 aromatic heterocycles. The highest BCUT2D eigenvalue weighted by molar-refractivity contribution is 5.91. The fourth-order valence-corrected chi connectivity index (χ4v) is 10.4. The summed E-state index contributed by atoms with van der Waals surface area (Å²) < 4.78 is 0. The first-order chi connectivity index (χ1) is 34.7. The minimum atomic E-state index is 0.412. The second kappa shape index (κ2) is 19.1. The van der Waals surface area contributed by atoms with Crippen LogP contribution in [0.5, 0.6) is 0 Å². The van der Waals surface area contributed by atoms with Crippen LogP contribution in [-0.4, -0.2) is 0 Å². The Hall–Kier alpha value is -8.72. The predicted octanol–water partition coefficient (Wildman–Crippen LogP) is 19.2. The van der Waals surface area contributed by atoms with Crippen molar-refractivity contribution in [2.45, 2.75) is 24.7 Å². The third kappa shape index (κ3) is 8.80. The molecule has 0 N–H and O–H groups in total. The zero-order chi connectivity index (χ0) is 46.6. The van der Waals surface area contributed by atoms with Crippen LogP contribution in [0.25, 0.3) is 54.9 Å². The summed E-state index contributed by atoms with van der Waals surface area (Å²) in [4.78, 5) is 4.68. The molecule has 2 heteroatoms. The number of para-hydroxylation sites is 2. The Bertz CT molecular complexity index is 3560. The van der Waals surface area contributed by atoms with Crippen LogP contribution in [0.2, 0.25) is 0 Å². The van der Waals surface area contributed by atoms with Gasteiger partial charge < -0.3 is 9.80 Å². The third-order valence-electron chi connectivity index (χ3n) is 14.2. The smallest absolute Gasteiger partial charge is 0.0468 e. The third-order valence-corrected chi connectivity index (χ3v) is 14.2. The summed E-state index contributed by atoms with van der Waals surface area (Å²) in [6, 6.07) is 97.1. The number of hydrogen-bond acceptors (Lipinski definition) is 2. The van der Waals surface area contributed by atoms with E-state index in [9.17, 15) is 0 Å². The van der Waals surface area contributed by atoms with E-state index < -0.39 is 0 Å². The molecule has 12 rings (SSSR count). The van der Waals surface area contributed by atoms with Crippen LogP contribution < -0.4 is 9.80 Å². The van der Waals surface area contributed by atoms with Crippen LogP contribution in [0.4, 0.5) is 34.1 Å². The summed E-state index contributed by atoms with van der Waals surface area (Å²) in [5, 5.41) is 4.96. The molecule has 1 aliphatic carbocycles. The van der Waals surface area contributed by atoms with Crippen molar-refractivity contribution in [1.82, 2.24) is 0 Å². The molecule has 1 aliphatic rings. The van der Waals surface area contributed by atoms with Crippen molar-refractivity contribution in [3.05, 3.63) is 290 Å². The number of nitrogens with zero attached hydrogens (tertiary/aromatic N) is 2. The van der Waals surface area contributed by atoms with Crippen molar-refractivity contribution in [3.63, 3.8) is 0 Å². The Morgan fingerprint density at radius 2 is 0.500 bits per heavy atom. The van der Waals surface area contributed by atoms with E-state index in [1.54, 1.807) is 0 Å². The molecule has 2 nitrogen and oxygen atoms in total. The first-order valence-corrected chi connectivity index (χ1v) is 24.5. The summed E-state index contributed by atoms with van der Waals surface area (Å²) in [6.07, 6.45) is 7.13. The molecule has 0 saturated carbocycles. The van der Waals surface area contributed by atoms with E-state index in [0.717, 1.165) is 47.0 Å². The Morgan fingerprint density at radius 1 is 0.229 bits per heavy atom. The molecule has 0 bridgehead atoms. The van der Waals surface area contributed by atoms with Gasteiger partial charge in [-0.3, -0.25) is 0 Å². The zero-order valence-electron chi connectivity index (χ0n) is 39.0. The maximum atomic E-state index is 2.43. The lowest BCUT2D eigenvalue weighted by Gasteiger charge is -2.27. The Morgan fingerprint density at radius 3 is 0.871 bits per heavy atom. The summed E-state index contributed by atoms with van der Waals surface area (Å²) in [7, 11) is 0. The predicted molar refractivity (Wildman–Crippen MR) is 297 cm³/mol. The van der Waals surface area contributed by atoms with Gasteiger partial charge in [0.1, 0.15) is 0 Å². The number of rotatable bonds is 11. The van der Waals surface area contributed by atoms with E-state index in [4.69, 9.17) is 0 Å². The second-order valence-corrected chi connectivity index (χ2v) is 18.5. The van der Waals surface area contributed by atoms with Gasteiger partial charge in [0.05, 0.1) is 0 Å². The topological polar surface area (TPSA) is 6.48 Å². The number of fused-ring (bicyclic) bond motifs is 2.